The van der Waals surface area contributed by atoms with Crippen LogP contribution < -0.4 is 15.8 Å². The first-order chi connectivity index (χ1) is 9.89. The summed E-state index contributed by atoms with van der Waals surface area (Å²) < 4.78 is 40.9. The molecule has 1 aromatic carbocycles. The predicted octanol–water partition coefficient (Wildman–Crippen LogP) is 3.50. The van der Waals surface area contributed by atoms with Crippen molar-refractivity contribution in [3.8, 4) is 5.75 Å². The van der Waals surface area contributed by atoms with Gasteiger partial charge in [-0.2, -0.15) is 0 Å². The van der Waals surface area contributed by atoms with Crippen LogP contribution in [-0.2, 0) is 0 Å². The SMILES string of the molecule is CCCC1CC1N=C(N)Nc1ccccc1OC(F)(F)F. The zero-order chi connectivity index (χ0) is 15.5. The molecular weight excluding hydrogens is 283 g/mol. The number of halogens is 3. The van der Waals surface area contributed by atoms with Gasteiger partial charge in [0.1, 0.15) is 0 Å². The number of aliphatic imine (C=N–C) groups is 1. The molecule has 7 heteroatoms. The lowest BCUT2D eigenvalue weighted by Gasteiger charge is -2.14. The minimum atomic E-state index is -4.74. The Kier molecular flexibility index (Phi) is 4.59. The summed E-state index contributed by atoms with van der Waals surface area (Å²) in [5.41, 5.74) is 5.88. The molecule has 0 bridgehead atoms. The van der Waals surface area contributed by atoms with Gasteiger partial charge in [0, 0.05) is 0 Å². The highest BCUT2D eigenvalue weighted by Gasteiger charge is 2.36. The van der Waals surface area contributed by atoms with Crippen LogP contribution >= 0.6 is 0 Å². The molecule has 3 N–H and O–H groups in total. The van der Waals surface area contributed by atoms with Gasteiger partial charge in [-0.1, -0.05) is 25.5 Å². The lowest BCUT2D eigenvalue weighted by atomic mass is 10.2. The zero-order valence-corrected chi connectivity index (χ0v) is 11.7. The first-order valence-corrected chi connectivity index (χ1v) is 6.84. The van der Waals surface area contributed by atoms with Crippen molar-refractivity contribution >= 4 is 11.6 Å². The molecule has 0 spiro atoms. The second-order valence-corrected chi connectivity index (χ2v) is 5.04. The van der Waals surface area contributed by atoms with Crippen LogP contribution in [-0.4, -0.2) is 18.4 Å². The molecule has 0 heterocycles. The highest BCUT2D eigenvalue weighted by molar-refractivity contribution is 5.93. The van der Waals surface area contributed by atoms with Crippen LogP contribution in [0.2, 0.25) is 0 Å². The van der Waals surface area contributed by atoms with Gasteiger partial charge in [-0.05, 0) is 30.9 Å². The lowest BCUT2D eigenvalue weighted by Crippen LogP contribution is -2.25. The molecule has 2 rings (SSSR count). The van der Waals surface area contributed by atoms with E-state index in [1.807, 2.05) is 0 Å². The number of alkyl halides is 3. The molecule has 1 aromatic rings. The Morgan fingerprint density at radius 1 is 1.43 bits per heavy atom. The fraction of sp³-hybridized carbons (Fsp3) is 0.500. The maximum Gasteiger partial charge on any atom is 0.573 e. The number of rotatable bonds is 5. The van der Waals surface area contributed by atoms with Gasteiger partial charge in [0.25, 0.3) is 0 Å². The highest BCUT2D eigenvalue weighted by Crippen LogP contribution is 2.37. The molecule has 1 aliphatic rings. The maximum atomic E-state index is 12.3. The van der Waals surface area contributed by atoms with E-state index in [1.54, 1.807) is 6.07 Å². The highest BCUT2D eigenvalue weighted by atomic mass is 19.4. The van der Waals surface area contributed by atoms with E-state index in [9.17, 15) is 13.2 Å². The van der Waals surface area contributed by atoms with Gasteiger partial charge in [-0.25, -0.2) is 4.99 Å². The number of hydrogen-bond donors (Lipinski definition) is 2. The molecule has 1 saturated carbocycles. The largest absolute Gasteiger partial charge is 0.573 e. The zero-order valence-electron chi connectivity index (χ0n) is 11.7. The summed E-state index contributed by atoms with van der Waals surface area (Å²) in [6, 6.07) is 5.90. The van der Waals surface area contributed by atoms with Crippen molar-refractivity contribution < 1.29 is 17.9 Å². The normalized spacial score (nSPS) is 22.0. The van der Waals surface area contributed by atoms with Gasteiger partial charge in [0.2, 0.25) is 0 Å². The predicted molar refractivity (Wildman–Crippen MR) is 75.2 cm³/mol. The van der Waals surface area contributed by atoms with Crippen molar-refractivity contribution in [1.29, 1.82) is 0 Å². The summed E-state index contributed by atoms with van der Waals surface area (Å²) in [6.07, 6.45) is -1.58. The molecule has 0 aliphatic heterocycles. The van der Waals surface area contributed by atoms with Crippen LogP contribution in [0.15, 0.2) is 29.3 Å². The molecule has 0 aromatic heterocycles. The Balaban J connectivity index is 2.01. The van der Waals surface area contributed by atoms with Crippen molar-refractivity contribution in [1.82, 2.24) is 0 Å². The Bertz CT molecular complexity index is 516. The van der Waals surface area contributed by atoms with E-state index >= 15 is 0 Å². The van der Waals surface area contributed by atoms with Crippen molar-refractivity contribution in [3.05, 3.63) is 24.3 Å². The molecule has 1 aliphatic carbocycles. The average molecular weight is 301 g/mol. The number of guanidine groups is 1. The summed E-state index contributed by atoms with van der Waals surface area (Å²) in [6.45, 7) is 2.10. The number of nitrogens with zero attached hydrogens (tertiary/aromatic N) is 1. The number of nitrogens with two attached hydrogens (primary N) is 1. The van der Waals surface area contributed by atoms with E-state index in [0.717, 1.165) is 19.3 Å². The number of anilines is 1. The van der Waals surface area contributed by atoms with Crippen molar-refractivity contribution in [2.24, 2.45) is 16.6 Å². The summed E-state index contributed by atoms with van der Waals surface area (Å²) in [5, 5.41) is 2.67. The van der Waals surface area contributed by atoms with Gasteiger partial charge in [0.15, 0.2) is 11.7 Å². The molecule has 2 unspecified atom stereocenters. The third-order valence-corrected chi connectivity index (χ3v) is 3.23. The monoisotopic (exact) mass is 301 g/mol. The molecule has 116 valence electrons. The van der Waals surface area contributed by atoms with E-state index in [0.29, 0.717) is 5.92 Å². The van der Waals surface area contributed by atoms with Crippen LogP contribution in [0, 0.1) is 5.92 Å². The molecule has 21 heavy (non-hydrogen) atoms. The van der Waals surface area contributed by atoms with Gasteiger partial charge >= 0.3 is 6.36 Å². The Hall–Kier alpha value is -1.92. The molecule has 0 radical (unpaired) electrons. The minimum absolute atomic E-state index is 0.108. The Morgan fingerprint density at radius 2 is 2.14 bits per heavy atom. The van der Waals surface area contributed by atoms with E-state index in [1.165, 1.54) is 18.2 Å². The second kappa shape index (κ2) is 6.24. The van der Waals surface area contributed by atoms with Crippen LogP contribution in [0.3, 0.4) is 0 Å². The first kappa shape index (κ1) is 15.5. The molecule has 1 fully saturated rings. The Labute approximate surface area is 121 Å². The average Bonchev–Trinajstić information content (AvgIpc) is 3.08. The van der Waals surface area contributed by atoms with Crippen molar-refractivity contribution in [2.45, 2.75) is 38.6 Å². The standard InChI is InChI=1S/C14H18F3N3O/c1-2-5-9-8-11(9)20-13(18)19-10-6-3-4-7-12(10)21-14(15,16)17/h3-4,6-7,9,11H,2,5,8H2,1H3,(H3,18,19,20). The quantitative estimate of drug-likeness (QED) is 0.646. The van der Waals surface area contributed by atoms with E-state index in [2.05, 4.69) is 22.0 Å². The fourth-order valence-electron chi connectivity index (χ4n) is 2.20. The van der Waals surface area contributed by atoms with Gasteiger partial charge < -0.3 is 15.8 Å². The second-order valence-electron chi connectivity index (χ2n) is 5.04. The summed E-state index contributed by atoms with van der Waals surface area (Å²) in [4.78, 5) is 4.27. The topological polar surface area (TPSA) is 59.6 Å². The number of nitrogens with one attached hydrogen (secondary N) is 1. The number of para-hydroxylation sites is 2. The third-order valence-electron chi connectivity index (χ3n) is 3.23. The third kappa shape index (κ3) is 4.84. The van der Waals surface area contributed by atoms with E-state index in [-0.39, 0.29) is 23.4 Å². The maximum absolute atomic E-state index is 12.3. The summed E-state index contributed by atoms with van der Waals surface area (Å²) >= 11 is 0. The minimum Gasteiger partial charge on any atom is -0.404 e. The molecular formula is C14H18F3N3O. The van der Waals surface area contributed by atoms with Crippen LogP contribution in [0.1, 0.15) is 26.2 Å². The number of ether oxygens (including phenoxy) is 1. The lowest BCUT2D eigenvalue weighted by molar-refractivity contribution is -0.274. The molecule has 2 atom stereocenters. The van der Waals surface area contributed by atoms with Gasteiger partial charge in [-0.3, -0.25) is 0 Å². The van der Waals surface area contributed by atoms with Crippen LogP contribution in [0.4, 0.5) is 18.9 Å². The fourth-order valence-corrected chi connectivity index (χ4v) is 2.20. The van der Waals surface area contributed by atoms with E-state index in [4.69, 9.17) is 5.73 Å². The molecule has 4 nitrogen and oxygen atoms in total. The number of hydrogen-bond acceptors (Lipinski definition) is 2. The van der Waals surface area contributed by atoms with Crippen molar-refractivity contribution in [2.75, 3.05) is 5.32 Å². The summed E-state index contributed by atoms with van der Waals surface area (Å²) in [7, 11) is 0. The molecule has 0 saturated heterocycles. The van der Waals surface area contributed by atoms with Gasteiger partial charge in [-0.15, -0.1) is 13.2 Å². The summed E-state index contributed by atoms with van der Waals surface area (Å²) in [5.74, 6) is 0.318. The van der Waals surface area contributed by atoms with E-state index < -0.39 is 6.36 Å². The smallest absolute Gasteiger partial charge is 0.404 e. The van der Waals surface area contributed by atoms with Crippen LogP contribution in [0.5, 0.6) is 5.75 Å². The van der Waals surface area contributed by atoms with Crippen LogP contribution in [0.25, 0.3) is 0 Å². The Morgan fingerprint density at radius 3 is 2.81 bits per heavy atom. The van der Waals surface area contributed by atoms with Gasteiger partial charge in [0.05, 0.1) is 11.7 Å². The first-order valence-electron chi connectivity index (χ1n) is 6.84. The number of benzene rings is 1. The molecule has 0 amide bonds. The van der Waals surface area contributed by atoms with Crippen molar-refractivity contribution in [3.63, 3.8) is 0 Å².